The van der Waals surface area contributed by atoms with E-state index < -0.39 is 5.91 Å². The van der Waals surface area contributed by atoms with Crippen LogP contribution in [0.15, 0.2) is 48.8 Å². The highest BCUT2D eigenvalue weighted by Crippen LogP contribution is 2.44. The van der Waals surface area contributed by atoms with Gasteiger partial charge >= 0.3 is 0 Å². The van der Waals surface area contributed by atoms with Crippen molar-refractivity contribution in [1.82, 2.24) is 19.4 Å². The number of primary amides is 1. The zero-order chi connectivity index (χ0) is 23.4. The Morgan fingerprint density at radius 2 is 2.06 bits per heavy atom. The maximum absolute atomic E-state index is 12.0. The van der Waals surface area contributed by atoms with E-state index >= 15 is 0 Å². The van der Waals surface area contributed by atoms with Gasteiger partial charge in [-0.15, -0.1) is 0 Å². The number of likely N-dealkylation sites (N-methyl/N-ethyl adjacent to an activating group) is 1. The van der Waals surface area contributed by atoms with Crippen LogP contribution in [-0.2, 0) is 13.0 Å². The van der Waals surface area contributed by atoms with Crippen molar-refractivity contribution >= 4 is 40.0 Å². The number of amides is 1. The number of aromatic nitrogens is 3. The van der Waals surface area contributed by atoms with Gasteiger partial charge in [0, 0.05) is 30.4 Å². The van der Waals surface area contributed by atoms with Crippen LogP contribution in [0.3, 0.4) is 0 Å². The van der Waals surface area contributed by atoms with E-state index in [-0.39, 0.29) is 0 Å². The van der Waals surface area contributed by atoms with Crippen LogP contribution in [0.1, 0.15) is 45.8 Å². The third kappa shape index (κ3) is 3.71. The van der Waals surface area contributed by atoms with Gasteiger partial charge in [0.05, 0.1) is 17.3 Å². The zero-order valence-corrected chi connectivity index (χ0v) is 19.6. The summed E-state index contributed by atoms with van der Waals surface area (Å²) in [5.74, 6) is 1.11. The highest BCUT2D eigenvalue weighted by Gasteiger charge is 2.29. The summed E-state index contributed by atoms with van der Waals surface area (Å²) in [6.07, 6.45) is 6.89. The van der Waals surface area contributed by atoms with E-state index in [2.05, 4.69) is 34.4 Å². The number of anilines is 2. The molecule has 1 saturated carbocycles. The summed E-state index contributed by atoms with van der Waals surface area (Å²) in [4.78, 5) is 23.5. The molecule has 0 bridgehead atoms. The molecule has 7 nitrogen and oxygen atoms in total. The SMILES string of the molecule is CN1CCc2c(cc(Nc3ncc(Cl)c(-n4cc(C(N)=O)c5ccccc54)n3)cc2C2CC2)C1. The minimum atomic E-state index is -0.495. The highest BCUT2D eigenvalue weighted by molar-refractivity contribution is 6.32. The van der Waals surface area contributed by atoms with Gasteiger partial charge in [-0.25, -0.2) is 4.98 Å². The van der Waals surface area contributed by atoms with Crippen molar-refractivity contribution in [2.24, 2.45) is 5.73 Å². The van der Waals surface area contributed by atoms with Crippen molar-refractivity contribution in [3.63, 3.8) is 0 Å². The molecular formula is C26H25ClN6O. The fraction of sp³-hybridized carbons (Fsp3) is 0.269. The van der Waals surface area contributed by atoms with Crippen LogP contribution in [0.4, 0.5) is 11.6 Å². The number of para-hydroxylation sites is 1. The Balaban J connectivity index is 1.40. The summed E-state index contributed by atoms with van der Waals surface area (Å²) in [5.41, 5.74) is 12.2. The van der Waals surface area contributed by atoms with Gasteiger partial charge in [-0.3, -0.25) is 9.36 Å². The first-order chi connectivity index (χ1) is 16.5. The first-order valence-electron chi connectivity index (χ1n) is 11.5. The summed E-state index contributed by atoms with van der Waals surface area (Å²) < 4.78 is 1.79. The molecule has 34 heavy (non-hydrogen) atoms. The van der Waals surface area contributed by atoms with Crippen LogP contribution < -0.4 is 11.1 Å². The maximum atomic E-state index is 12.0. The molecule has 0 unspecified atom stereocenters. The Morgan fingerprint density at radius 3 is 2.85 bits per heavy atom. The average molecular weight is 473 g/mol. The predicted octanol–water partition coefficient (Wildman–Crippen LogP) is 4.78. The number of hydrogen-bond donors (Lipinski definition) is 2. The summed E-state index contributed by atoms with van der Waals surface area (Å²) in [5, 5.41) is 4.54. The molecule has 2 aliphatic rings. The largest absolute Gasteiger partial charge is 0.366 e. The fourth-order valence-corrected chi connectivity index (χ4v) is 5.16. The molecule has 2 aromatic heterocycles. The van der Waals surface area contributed by atoms with E-state index in [1.54, 1.807) is 17.0 Å². The minimum Gasteiger partial charge on any atom is -0.366 e. The van der Waals surface area contributed by atoms with Crippen molar-refractivity contribution in [3.8, 4) is 5.82 Å². The van der Waals surface area contributed by atoms with Gasteiger partial charge in [-0.2, -0.15) is 4.98 Å². The molecule has 1 aliphatic heterocycles. The second kappa shape index (κ2) is 8.11. The Labute approximate surface area is 202 Å². The molecular weight excluding hydrogens is 448 g/mol. The Morgan fingerprint density at radius 1 is 1.24 bits per heavy atom. The van der Waals surface area contributed by atoms with E-state index in [0.29, 0.717) is 28.3 Å². The molecule has 1 amide bonds. The van der Waals surface area contributed by atoms with Crippen LogP contribution in [0.2, 0.25) is 5.02 Å². The molecule has 3 heterocycles. The third-order valence-electron chi connectivity index (χ3n) is 6.77. The fourth-order valence-electron chi connectivity index (χ4n) is 4.97. The number of nitrogens with zero attached hydrogens (tertiary/aromatic N) is 4. The van der Waals surface area contributed by atoms with Crippen LogP contribution >= 0.6 is 11.6 Å². The van der Waals surface area contributed by atoms with Gasteiger partial charge in [0.25, 0.3) is 5.91 Å². The number of fused-ring (bicyclic) bond motifs is 2. The molecule has 1 aliphatic carbocycles. The van der Waals surface area contributed by atoms with Gasteiger partial charge in [0.1, 0.15) is 5.02 Å². The molecule has 2 aromatic carbocycles. The van der Waals surface area contributed by atoms with Gasteiger partial charge in [-0.1, -0.05) is 29.8 Å². The number of nitrogens with one attached hydrogen (secondary N) is 1. The quantitative estimate of drug-likeness (QED) is 0.436. The number of rotatable bonds is 5. The minimum absolute atomic E-state index is 0.382. The lowest BCUT2D eigenvalue weighted by atomic mass is 9.91. The molecule has 6 rings (SSSR count). The monoisotopic (exact) mass is 472 g/mol. The number of carbonyl (C=O) groups is 1. The summed E-state index contributed by atoms with van der Waals surface area (Å²) in [7, 11) is 2.16. The molecule has 0 radical (unpaired) electrons. The van der Waals surface area contributed by atoms with Crippen LogP contribution in [0, 0.1) is 0 Å². The first-order valence-corrected chi connectivity index (χ1v) is 11.9. The number of hydrogen-bond acceptors (Lipinski definition) is 5. The van der Waals surface area contributed by atoms with Gasteiger partial charge in [0.15, 0.2) is 5.82 Å². The second-order valence-electron chi connectivity index (χ2n) is 9.25. The molecule has 1 fully saturated rings. The highest BCUT2D eigenvalue weighted by atomic mass is 35.5. The predicted molar refractivity (Wildman–Crippen MR) is 134 cm³/mol. The van der Waals surface area contributed by atoms with E-state index in [1.165, 1.54) is 29.5 Å². The molecule has 0 saturated heterocycles. The molecule has 172 valence electrons. The molecule has 0 spiro atoms. The van der Waals surface area contributed by atoms with Gasteiger partial charge in [0.2, 0.25) is 5.95 Å². The van der Waals surface area contributed by atoms with E-state index in [0.717, 1.165) is 36.1 Å². The summed E-state index contributed by atoms with van der Waals surface area (Å²) in [6.45, 7) is 2.05. The normalized spacial score (nSPS) is 15.9. The van der Waals surface area contributed by atoms with Crippen molar-refractivity contribution in [2.45, 2.75) is 31.7 Å². The van der Waals surface area contributed by atoms with Crippen LogP contribution in [0.25, 0.3) is 16.7 Å². The zero-order valence-electron chi connectivity index (χ0n) is 18.9. The Kier molecular flexibility index (Phi) is 5.04. The smallest absolute Gasteiger partial charge is 0.250 e. The number of benzene rings is 2. The Bertz CT molecular complexity index is 1440. The number of carbonyl (C=O) groups excluding carboxylic acids is 1. The second-order valence-corrected chi connectivity index (χ2v) is 9.66. The lowest BCUT2D eigenvalue weighted by Gasteiger charge is -2.28. The molecule has 3 N–H and O–H groups in total. The van der Waals surface area contributed by atoms with Gasteiger partial charge < -0.3 is 16.0 Å². The molecule has 0 atom stereocenters. The molecule has 8 heteroatoms. The van der Waals surface area contributed by atoms with Crippen molar-refractivity contribution < 1.29 is 4.79 Å². The Hall–Kier alpha value is -3.42. The van der Waals surface area contributed by atoms with E-state index in [1.807, 2.05) is 24.3 Å². The van der Waals surface area contributed by atoms with Crippen LogP contribution in [-0.4, -0.2) is 38.9 Å². The lowest BCUT2D eigenvalue weighted by molar-refractivity contribution is 0.100. The maximum Gasteiger partial charge on any atom is 0.250 e. The average Bonchev–Trinajstić information content (AvgIpc) is 3.59. The summed E-state index contributed by atoms with van der Waals surface area (Å²) >= 11 is 6.51. The van der Waals surface area contributed by atoms with Crippen molar-refractivity contribution in [2.75, 3.05) is 18.9 Å². The van der Waals surface area contributed by atoms with E-state index in [4.69, 9.17) is 22.3 Å². The standard InChI is InChI=1S/C26H25ClN6O/c1-32-9-8-18-16(13-32)10-17(11-20(18)15-6-7-15)30-26-29-12-22(27)25(31-26)33-14-21(24(28)34)19-4-2-3-5-23(19)33/h2-5,10-12,14-15H,6-9,13H2,1H3,(H2,28,34)(H,29,30,31). The number of nitrogens with two attached hydrogens (primary N) is 1. The van der Waals surface area contributed by atoms with Crippen molar-refractivity contribution in [3.05, 3.63) is 76.1 Å². The topological polar surface area (TPSA) is 89.1 Å². The first kappa shape index (κ1) is 21.1. The van der Waals surface area contributed by atoms with Crippen molar-refractivity contribution in [1.29, 1.82) is 0 Å². The summed E-state index contributed by atoms with van der Waals surface area (Å²) in [6, 6.07) is 12.0. The lowest BCUT2D eigenvalue weighted by Crippen LogP contribution is -2.27. The van der Waals surface area contributed by atoms with E-state index in [9.17, 15) is 4.79 Å². The van der Waals surface area contributed by atoms with Crippen LogP contribution in [0.5, 0.6) is 0 Å². The molecule has 4 aromatic rings. The number of halogens is 1. The third-order valence-corrected chi connectivity index (χ3v) is 7.03. The van der Waals surface area contributed by atoms with Gasteiger partial charge in [-0.05, 0) is 67.1 Å².